The van der Waals surface area contributed by atoms with Gasteiger partial charge < -0.3 is 29.3 Å². The SMILES string of the molecule is COc1cc2cc(c1Cl)N(C)C(=O)C[C@H](CC(=O)[C@H](C)N(C)C(=O)CCC(C)(C)S)C[C@]1(C)O[C@H]1[C@H](C)[C@@H]1C[C@@](C)(NC(=O)O1)[C@H](C)/C=C/C=C(\C)C2. The van der Waals surface area contributed by atoms with Crippen molar-refractivity contribution in [3.05, 3.63) is 46.5 Å². The second-order valence-electron chi connectivity index (χ2n) is 16.8. The summed E-state index contributed by atoms with van der Waals surface area (Å²) in [5.41, 5.74) is 1.31. The smallest absolute Gasteiger partial charge is 0.407 e. The van der Waals surface area contributed by atoms with Crippen molar-refractivity contribution in [2.75, 3.05) is 26.1 Å². The summed E-state index contributed by atoms with van der Waals surface area (Å²) in [7, 11) is 4.88. The fourth-order valence-electron chi connectivity index (χ4n) is 7.68. The highest BCUT2D eigenvalue weighted by molar-refractivity contribution is 7.81. The van der Waals surface area contributed by atoms with Crippen LogP contribution in [0.5, 0.6) is 5.75 Å². The Hall–Kier alpha value is -3.02. The summed E-state index contributed by atoms with van der Waals surface area (Å²) in [6, 6.07) is 3.10. The van der Waals surface area contributed by atoms with Gasteiger partial charge in [0.15, 0.2) is 5.78 Å². The Morgan fingerprint density at radius 2 is 1.89 bits per heavy atom. The number of likely N-dealkylation sites (N-methyl/N-ethyl adjacent to an activating group) is 1. The molecular weight excluding hydrogens is 714 g/mol. The van der Waals surface area contributed by atoms with Gasteiger partial charge in [-0.25, -0.2) is 4.79 Å². The molecule has 1 aromatic rings. The Morgan fingerprint density at radius 1 is 1.21 bits per heavy atom. The van der Waals surface area contributed by atoms with Crippen molar-refractivity contribution in [1.82, 2.24) is 10.2 Å². The number of anilines is 1. The number of epoxide rings is 1. The minimum atomic E-state index is -0.684. The number of Topliss-reactive ketones (excluding diaryl/α,β-unsaturated/α-hetero) is 1. The fourth-order valence-corrected chi connectivity index (χ4v) is 8.10. The van der Waals surface area contributed by atoms with Gasteiger partial charge in [0.05, 0.1) is 36.1 Å². The zero-order valence-corrected chi connectivity index (χ0v) is 35.0. The zero-order valence-electron chi connectivity index (χ0n) is 33.4. The van der Waals surface area contributed by atoms with Crippen LogP contribution in [-0.2, 0) is 30.3 Å². The lowest BCUT2D eigenvalue weighted by atomic mass is 9.76. The Kier molecular flexibility index (Phi) is 13.5. The maximum atomic E-state index is 14.1. The van der Waals surface area contributed by atoms with E-state index in [1.165, 1.54) is 9.80 Å². The molecule has 12 heteroatoms. The van der Waals surface area contributed by atoms with E-state index in [1.54, 1.807) is 28.1 Å². The number of carbonyl (C=O) groups excluding carboxylic acids is 4. The van der Waals surface area contributed by atoms with Gasteiger partial charge in [-0.05, 0) is 76.5 Å². The lowest BCUT2D eigenvalue weighted by Gasteiger charge is -2.43. The standard InChI is InChI=1S/C41H60ClN3O7S/c1-24-13-12-14-25(2)40(7)23-33(51-38(49)43-40)26(3)37-41(8,52-37)22-29(19-31(46)27(4)44(9)34(47)15-16-39(5,6)53)21-35(48)45(10)30-18-28(17-24)20-32(50-11)36(30)42/h12-14,18,20,25-27,29,33,37,53H,15-17,19,21-23H2,1-11H3,(H,43,49)/b14-12+,24-13+/t25-,26-,27+,29+,33+,37+,40-,41+/m1/s1. The van der Waals surface area contributed by atoms with Crippen molar-refractivity contribution in [1.29, 1.82) is 0 Å². The number of fused-ring (bicyclic) bond motifs is 5. The molecule has 8 atom stereocenters. The third-order valence-corrected chi connectivity index (χ3v) is 12.2. The van der Waals surface area contributed by atoms with Crippen LogP contribution in [0.3, 0.4) is 0 Å². The number of halogens is 1. The number of allylic oxidation sites excluding steroid dienone is 3. The average Bonchev–Trinajstić information content (AvgIpc) is 3.74. The summed E-state index contributed by atoms with van der Waals surface area (Å²) in [6.45, 7) is 15.8. The first kappa shape index (κ1) is 42.7. The molecule has 294 valence electrons. The van der Waals surface area contributed by atoms with Gasteiger partial charge in [-0.1, -0.05) is 63.1 Å². The molecule has 2 saturated heterocycles. The van der Waals surface area contributed by atoms with E-state index >= 15 is 0 Å². The number of benzene rings is 1. The van der Waals surface area contributed by atoms with Gasteiger partial charge in [-0.15, -0.1) is 0 Å². The first-order chi connectivity index (χ1) is 24.6. The zero-order chi connectivity index (χ0) is 39.6. The highest BCUT2D eigenvalue weighted by Gasteiger charge is 2.59. The minimum absolute atomic E-state index is 0.000115. The number of alkyl carbamates (subject to hydrolysis) is 1. The molecule has 2 fully saturated rings. The van der Waals surface area contributed by atoms with E-state index in [-0.39, 0.29) is 59.5 Å². The average molecular weight is 774 g/mol. The Balaban J connectivity index is 1.69. The molecule has 3 amide bonds. The van der Waals surface area contributed by atoms with Crippen molar-refractivity contribution in [2.24, 2.45) is 17.8 Å². The van der Waals surface area contributed by atoms with Gasteiger partial charge in [0.25, 0.3) is 0 Å². The van der Waals surface area contributed by atoms with Crippen LogP contribution in [0.15, 0.2) is 35.9 Å². The Bertz CT molecular complexity index is 1620. The van der Waals surface area contributed by atoms with E-state index in [2.05, 4.69) is 30.9 Å². The number of rotatable bonds is 8. The summed E-state index contributed by atoms with van der Waals surface area (Å²) in [5.74, 6) is -0.574. The topological polar surface area (TPSA) is 118 Å². The first-order valence-electron chi connectivity index (χ1n) is 18.7. The van der Waals surface area contributed by atoms with Gasteiger partial charge in [0.2, 0.25) is 11.8 Å². The molecule has 0 aliphatic carbocycles. The molecule has 0 aromatic heterocycles. The number of methoxy groups -OCH3 is 1. The van der Waals surface area contributed by atoms with E-state index in [9.17, 15) is 19.2 Å². The number of carbonyl (C=O) groups is 4. The minimum Gasteiger partial charge on any atom is -0.495 e. The molecule has 1 N–H and O–H groups in total. The number of nitrogens with zero attached hydrogens (tertiary/aromatic N) is 2. The molecule has 10 nitrogen and oxygen atoms in total. The molecule has 4 rings (SSSR count). The number of nitrogens with one attached hydrogen (secondary N) is 1. The molecule has 3 heterocycles. The van der Waals surface area contributed by atoms with Crippen molar-refractivity contribution in [2.45, 2.75) is 134 Å². The van der Waals surface area contributed by atoms with E-state index in [1.807, 2.05) is 65.8 Å². The normalized spacial score (nSPS) is 31.8. The van der Waals surface area contributed by atoms with Gasteiger partial charge >= 0.3 is 6.09 Å². The molecule has 3 aliphatic heterocycles. The van der Waals surface area contributed by atoms with Crippen molar-refractivity contribution in [3.8, 4) is 5.75 Å². The maximum Gasteiger partial charge on any atom is 0.407 e. The Labute approximate surface area is 326 Å². The Morgan fingerprint density at radius 3 is 2.53 bits per heavy atom. The van der Waals surface area contributed by atoms with E-state index in [0.717, 1.165) is 11.1 Å². The van der Waals surface area contributed by atoms with Crippen molar-refractivity contribution >= 4 is 53.6 Å². The molecule has 0 radical (unpaired) electrons. The molecular formula is C41H60ClN3O7S. The highest BCUT2D eigenvalue weighted by atomic mass is 35.5. The van der Waals surface area contributed by atoms with Gasteiger partial charge in [0.1, 0.15) is 16.9 Å². The van der Waals surface area contributed by atoms with Crippen molar-refractivity contribution < 1.29 is 33.4 Å². The highest BCUT2D eigenvalue weighted by Crippen LogP contribution is 2.50. The maximum absolute atomic E-state index is 14.1. The summed E-state index contributed by atoms with van der Waals surface area (Å²) in [6.07, 6.45) is 7.63. The lowest BCUT2D eigenvalue weighted by molar-refractivity contribution is -0.138. The van der Waals surface area contributed by atoms with Crippen LogP contribution >= 0.6 is 24.2 Å². The molecule has 1 aromatic carbocycles. The summed E-state index contributed by atoms with van der Waals surface area (Å²) >= 11 is 11.4. The third kappa shape index (κ3) is 10.6. The second kappa shape index (κ2) is 16.8. The summed E-state index contributed by atoms with van der Waals surface area (Å²) in [5, 5.41) is 3.39. The van der Waals surface area contributed by atoms with E-state index in [0.29, 0.717) is 42.1 Å². The van der Waals surface area contributed by atoms with Crippen LogP contribution in [0, 0.1) is 17.8 Å². The predicted octanol–water partition coefficient (Wildman–Crippen LogP) is 7.75. The van der Waals surface area contributed by atoms with E-state index < -0.39 is 35.3 Å². The number of ketones is 1. The predicted molar refractivity (Wildman–Crippen MR) is 213 cm³/mol. The van der Waals surface area contributed by atoms with Gasteiger partial charge in [-0.2, -0.15) is 12.6 Å². The third-order valence-electron chi connectivity index (χ3n) is 11.6. The van der Waals surface area contributed by atoms with Crippen molar-refractivity contribution in [3.63, 3.8) is 0 Å². The lowest BCUT2D eigenvalue weighted by Crippen LogP contribution is -2.59. The summed E-state index contributed by atoms with van der Waals surface area (Å²) < 4.78 is 17.6. The van der Waals surface area contributed by atoms with Crippen LogP contribution in [0.25, 0.3) is 0 Å². The molecule has 0 unspecified atom stereocenters. The number of thiol groups is 1. The van der Waals surface area contributed by atoms with Crippen LogP contribution in [-0.4, -0.2) is 83.9 Å². The van der Waals surface area contributed by atoms with Crippen LogP contribution < -0.4 is 15.0 Å². The number of ether oxygens (including phenoxy) is 3. The number of hydrogen-bond acceptors (Lipinski definition) is 8. The quantitative estimate of drug-likeness (QED) is 0.205. The van der Waals surface area contributed by atoms with Gasteiger partial charge in [-0.3, -0.25) is 14.4 Å². The van der Waals surface area contributed by atoms with Crippen LogP contribution in [0.1, 0.15) is 99.5 Å². The largest absolute Gasteiger partial charge is 0.495 e. The molecule has 4 bridgehead atoms. The number of hydrogen-bond donors (Lipinski definition) is 2. The van der Waals surface area contributed by atoms with Gasteiger partial charge in [0, 0.05) is 50.4 Å². The fraction of sp³-hybridized carbons (Fsp3) is 0.659. The molecule has 0 spiro atoms. The number of amides is 3. The van der Waals surface area contributed by atoms with E-state index in [4.69, 9.17) is 25.8 Å². The van der Waals surface area contributed by atoms with Crippen LogP contribution in [0.4, 0.5) is 10.5 Å². The second-order valence-corrected chi connectivity index (χ2v) is 18.4. The summed E-state index contributed by atoms with van der Waals surface area (Å²) in [4.78, 5) is 57.1. The molecule has 0 saturated carbocycles. The van der Waals surface area contributed by atoms with Crippen LogP contribution in [0.2, 0.25) is 5.02 Å². The monoisotopic (exact) mass is 773 g/mol. The molecule has 3 aliphatic rings. The first-order valence-corrected chi connectivity index (χ1v) is 19.5. The molecule has 53 heavy (non-hydrogen) atoms.